The van der Waals surface area contributed by atoms with Crippen LogP contribution in [-0.2, 0) is 13.1 Å². The molecule has 1 aliphatic heterocycles. The number of hydrogen-bond acceptors (Lipinski definition) is 1. The van der Waals surface area contributed by atoms with Gasteiger partial charge in [-0.05, 0) is 11.1 Å². The van der Waals surface area contributed by atoms with E-state index in [0.29, 0.717) is 5.92 Å². The van der Waals surface area contributed by atoms with Crippen molar-refractivity contribution in [1.82, 2.24) is 4.90 Å². The van der Waals surface area contributed by atoms with E-state index in [-0.39, 0.29) is 0 Å². The number of amidine groups is 1. The summed E-state index contributed by atoms with van der Waals surface area (Å²) < 4.78 is 0. The molecule has 0 aliphatic carbocycles. The van der Waals surface area contributed by atoms with Gasteiger partial charge in [-0.15, -0.1) is 0 Å². The first-order valence-corrected chi connectivity index (χ1v) is 5.08. The molecule has 1 heterocycles. The smallest absolute Gasteiger partial charge is 0.0989 e. The van der Waals surface area contributed by atoms with Crippen LogP contribution in [0.2, 0.25) is 0 Å². The average Bonchev–Trinajstić information content (AvgIpc) is 2.59. The van der Waals surface area contributed by atoms with Gasteiger partial charge < -0.3 is 4.90 Å². The highest BCUT2D eigenvalue weighted by molar-refractivity contribution is 5.81. The van der Waals surface area contributed by atoms with Crippen LogP contribution in [0.15, 0.2) is 24.3 Å². The molecule has 2 nitrogen and oxygen atoms in total. The van der Waals surface area contributed by atoms with E-state index in [2.05, 4.69) is 43.0 Å². The molecule has 2 heteroatoms. The molecule has 0 bridgehead atoms. The van der Waals surface area contributed by atoms with Crippen LogP contribution in [0.4, 0.5) is 0 Å². The molecule has 2 rings (SSSR count). The van der Waals surface area contributed by atoms with Crippen LogP contribution >= 0.6 is 0 Å². The molecule has 1 aromatic rings. The Bertz CT molecular complexity index is 330. The van der Waals surface area contributed by atoms with Gasteiger partial charge in [0.2, 0.25) is 0 Å². The van der Waals surface area contributed by atoms with Crippen molar-refractivity contribution < 1.29 is 0 Å². The summed E-state index contributed by atoms with van der Waals surface area (Å²) >= 11 is 0. The predicted octanol–water partition coefficient (Wildman–Crippen LogP) is 2.64. The average molecular weight is 188 g/mol. The molecule has 1 aliphatic rings. The SMILES string of the molecule is CC(C)C(=N)N1Cc2ccccc2C1. The Hall–Kier alpha value is -1.31. The van der Waals surface area contributed by atoms with Crippen LogP contribution in [0.3, 0.4) is 0 Å². The van der Waals surface area contributed by atoms with E-state index >= 15 is 0 Å². The Labute approximate surface area is 85.1 Å². The normalized spacial score (nSPS) is 14.6. The summed E-state index contributed by atoms with van der Waals surface area (Å²) in [6, 6.07) is 8.45. The summed E-state index contributed by atoms with van der Waals surface area (Å²) in [4.78, 5) is 2.15. The second-order valence-electron chi connectivity index (χ2n) is 4.16. The van der Waals surface area contributed by atoms with Gasteiger partial charge in [0.05, 0.1) is 5.84 Å². The maximum Gasteiger partial charge on any atom is 0.0989 e. The molecule has 0 saturated heterocycles. The van der Waals surface area contributed by atoms with Crippen LogP contribution in [0.25, 0.3) is 0 Å². The minimum Gasteiger partial charge on any atom is -0.352 e. The lowest BCUT2D eigenvalue weighted by Gasteiger charge is -2.21. The summed E-state index contributed by atoms with van der Waals surface area (Å²) in [5.41, 5.74) is 2.75. The topological polar surface area (TPSA) is 27.1 Å². The van der Waals surface area contributed by atoms with Crippen LogP contribution in [0.1, 0.15) is 25.0 Å². The predicted molar refractivity (Wildman–Crippen MR) is 58.3 cm³/mol. The zero-order chi connectivity index (χ0) is 10.1. The zero-order valence-corrected chi connectivity index (χ0v) is 8.75. The quantitative estimate of drug-likeness (QED) is 0.532. The van der Waals surface area contributed by atoms with Crippen molar-refractivity contribution in [3.63, 3.8) is 0 Å². The number of nitrogens with one attached hydrogen (secondary N) is 1. The van der Waals surface area contributed by atoms with Crippen molar-refractivity contribution in [3.05, 3.63) is 35.4 Å². The number of hydrogen-bond donors (Lipinski definition) is 1. The van der Waals surface area contributed by atoms with Gasteiger partial charge in [0.25, 0.3) is 0 Å². The minimum absolute atomic E-state index is 0.323. The fraction of sp³-hybridized carbons (Fsp3) is 0.417. The largest absolute Gasteiger partial charge is 0.352 e. The number of benzene rings is 1. The second-order valence-corrected chi connectivity index (χ2v) is 4.16. The third-order valence-electron chi connectivity index (χ3n) is 2.73. The molecule has 0 spiro atoms. The number of nitrogens with zero attached hydrogens (tertiary/aromatic N) is 1. The standard InChI is InChI=1S/C12H16N2/c1-9(2)12(13)14-7-10-5-3-4-6-11(10)8-14/h3-6,9,13H,7-8H2,1-2H3. The fourth-order valence-corrected chi connectivity index (χ4v) is 1.87. The van der Waals surface area contributed by atoms with Crippen molar-refractivity contribution in [2.75, 3.05) is 0 Å². The maximum atomic E-state index is 7.94. The Kier molecular flexibility index (Phi) is 2.28. The van der Waals surface area contributed by atoms with E-state index in [1.807, 2.05) is 0 Å². The molecule has 1 N–H and O–H groups in total. The van der Waals surface area contributed by atoms with Crippen molar-refractivity contribution in [3.8, 4) is 0 Å². The molecular formula is C12H16N2. The minimum atomic E-state index is 0.323. The van der Waals surface area contributed by atoms with Gasteiger partial charge in [-0.25, -0.2) is 0 Å². The summed E-state index contributed by atoms with van der Waals surface area (Å²) in [5, 5.41) is 7.94. The molecule has 0 unspecified atom stereocenters. The fourth-order valence-electron chi connectivity index (χ4n) is 1.87. The Morgan fingerprint density at radius 3 is 2.14 bits per heavy atom. The van der Waals surface area contributed by atoms with Crippen LogP contribution < -0.4 is 0 Å². The maximum absolute atomic E-state index is 7.94. The van der Waals surface area contributed by atoms with Gasteiger partial charge in [0, 0.05) is 19.0 Å². The summed E-state index contributed by atoms with van der Waals surface area (Å²) in [5.74, 6) is 1.07. The van der Waals surface area contributed by atoms with Crippen LogP contribution in [0, 0.1) is 11.3 Å². The van der Waals surface area contributed by atoms with Gasteiger partial charge >= 0.3 is 0 Å². The van der Waals surface area contributed by atoms with Crippen molar-refractivity contribution in [2.45, 2.75) is 26.9 Å². The summed E-state index contributed by atoms with van der Waals surface area (Å²) in [6.45, 7) is 5.97. The highest BCUT2D eigenvalue weighted by Gasteiger charge is 2.21. The van der Waals surface area contributed by atoms with Gasteiger partial charge in [-0.2, -0.15) is 0 Å². The molecule has 74 valence electrons. The van der Waals surface area contributed by atoms with Gasteiger partial charge in [-0.1, -0.05) is 38.1 Å². The molecule has 0 atom stereocenters. The highest BCUT2D eigenvalue weighted by Crippen LogP contribution is 2.23. The Balaban J connectivity index is 2.16. The lowest BCUT2D eigenvalue weighted by molar-refractivity contribution is 0.420. The molecule has 0 aromatic heterocycles. The first-order chi connectivity index (χ1) is 6.68. The van der Waals surface area contributed by atoms with Crippen molar-refractivity contribution >= 4 is 5.84 Å². The third kappa shape index (κ3) is 1.52. The van der Waals surface area contributed by atoms with Crippen LogP contribution in [-0.4, -0.2) is 10.7 Å². The molecule has 1 aromatic carbocycles. The number of rotatable bonds is 1. The monoisotopic (exact) mass is 188 g/mol. The Morgan fingerprint density at radius 2 is 1.71 bits per heavy atom. The van der Waals surface area contributed by atoms with E-state index < -0.39 is 0 Å². The zero-order valence-electron chi connectivity index (χ0n) is 8.75. The van der Waals surface area contributed by atoms with E-state index in [1.165, 1.54) is 11.1 Å². The van der Waals surface area contributed by atoms with Crippen molar-refractivity contribution in [2.24, 2.45) is 5.92 Å². The first-order valence-electron chi connectivity index (χ1n) is 5.08. The molecular weight excluding hydrogens is 172 g/mol. The van der Waals surface area contributed by atoms with E-state index in [4.69, 9.17) is 5.41 Å². The van der Waals surface area contributed by atoms with Crippen LogP contribution in [0.5, 0.6) is 0 Å². The summed E-state index contributed by atoms with van der Waals surface area (Å²) in [7, 11) is 0. The molecule has 0 radical (unpaired) electrons. The lowest BCUT2D eigenvalue weighted by Crippen LogP contribution is -2.28. The number of fused-ring (bicyclic) bond motifs is 1. The van der Waals surface area contributed by atoms with E-state index in [9.17, 15) is 0 Å². The lowest BCUT2D eigenvalue weighted by atomic mass is 10.1. The summed E-state index contributed by atoms with van der Waals surface area (Å²) in [6.07, 6.45) is 0. The molecule has 0 amide bonds. The third-order valence-corrected chi connectivity index (χ3v) is 2.73. The molecule has 14 heavy (non-hydrogen) atoms. The van der Waals surface area contributed by atoms with E-state index in [1.54, 1.807) is 0 Å². The second kappa shape index (κ2) is 3.45. The molecule has 0 saturated carbocycles. The van der Waals surface area contributed by atoms with Gasteiger partial charge in [0.1, 0.15) is 0 Å². The van der Waals surface area contributed by atoms with Gasteiger partial charge in [-0.3, -0.25) is 5.41 Å². The first kappa shape index (κ1) is 9.25. The molecule has 0 fully saturated rings. The van der Waals surface area contributed by atoms with Gasteiger partial charge in [0.15, 0.2) is 0 Å². The van der Waals surface area contributed by atoms with E-state index in [0.717, 1.165) is 18.9 Å². The highest BCUT2D eigenvalue weighted by atomic mass is 15.2. The Morgan fingerprint density at radius 1 is 1.21 bits per heavy atom. The van der Waals surface area contributed by atoms with Crippen molar-refractivity contribution in [1.29, 1.82) is 5.41 Å².